The lowest BCUT2D eigenvalue weighted by atomic mass is 10.1. The van der Waals surface area contributed by atoms with E-state index in [1.165, 1.54) is 6.07 Å². The maximum atomic E-state index is 11.6. The van der Waals surface area contributed by atoms with Crippen LogP contribution in [-0.4, -0.2) is 53.6 Å². The van der Waals surface area contributed by atoms with Crippen LogP contribution in [0, 0.1) is 17.0 Å². The van der Waals surface area contributed by atoms with Gasteiger partial charge < -0.3 is 14.8 Å². The summed E-state index contributed by atoms with van der Waals surface area (Å²) in [7, 11) is -1.17. The van der Waals surface area contributed by atoms with Gasteiger partial charge in [-0.15, -0.1) is 10.2 Å². The molecule has 1 aromatic carbocycles. The molecule has 9 nitrogen and oxygen atoms in total. The predicted molar refractivity (Wildman–Crippen MR) is 114 cm³/mol. The summed E-state index contributed by atoms with van der Waals surface area (Å²) in [4.78, 5) is 11.2. The van der Waals surface area contributed by atoms with Crippen molar-refractivity contribution < 1.29 is 14.4 Å². The maximum absolute atomic E-state index is 11.6. The molecule has 10 heteroatoms. The standard InChI is InChI=1S/C19H29N5O4Si/c1-14-21-22-19(23(14)13-27-9-10-29(2,3)4)15-5-6-17(18(11-15)24(25)26)20-12-16-7-8-28-16/h5-6,11,16,20H,7-10,12-13H2,1-4H3. The second-order valence-corrected chi connectivity index (χ2v) is 14.1. The summed E-state index contributed by atoms with van der Waals surface area (Å²) in [5, 5.41) is 23.1. The third kappa shape index (κ3) is 5.61. The Kier molecular flexibility index (Phi) is 6.65. The highest BCUT2D eigenvalue weighted by molar-refractivity contribution is 6.76. The highest BCUT2D eigenvalue weighted by Crippen LogP contribution is 2.30. The molecule has 2 heterocycles. The third-order valence-electron chi connectivity index (χ3n) is 4.92. The second kappa shape index (κ2) is 9.01. The molecule has 1 N–H and O–H groups in total. The zero-order chi connectivity index (χ0) is 21.0. The summed E-state index contributed by atoms with van der Waals surface area (Å²) in [5.41, 5.74) is 1.12. The van der Waals surface area contributed by atoms with Gasteiger partial charge in [-0.05, 0) is 31.5 Å². The van der Waals surface area contributed by atoms with Crippen LogP contribution in [0.3, 0.4) is 0 Å². The molecule has 0 aliphatic carbocycles. The Morgan fingerprint density at radius 2 is 2.14 bits per heavy atom. The van der Waals surface area contributed by atoms with Crippen molar-refractivity contribution in [3.63, 3.8) is 0 Å². The average Bonchev–Trinajstić information content (AvgIpc) is 2.97. The van der Waals surface area contributed by atoms with E-state index in [0.717, 1.165) is 19.1 Å². The van der Waals surface area contributed by atoms with Crippen molar-refractivity contribution in [2.24, 2.45) is 0 Å². The number of aryl methyl sites for hydroxylation is 1. The SMILES string of the molecule is Cc1nnc(-c2ccc(NCC3CCO3)c([N+](=O)[O-])c2)n1COCC[Si](C)(C)C. The van der Waals surface area contributed by atoms with Crippen LogP contribution in [0.5, 0.6) is 0 Å². The summed E-state index contributed by atoms with van der Waals surface area (Å²) in [5.74, 6) is 1.27. The third-order valence-corrected chi connectivity index (χ3v) is 6.62. The van der Waals surface area contributed by atoms with E-state index < -0.39 is 8.07 Å². The molecule has 1 aliphatic rings. The Morgan fingerprint density at radius 3 is 2.76 bits per heavy atom. The Bertz CT molecular complexity index is 861. The molecule has 158 valence electrons. The largest absolute Gasteiger partial charge is 0.377 e. The van der Waals surface area contributed by atoms with Gasteiger partial charge in [-0.2, -0.15) is 0 Å². The van der Waals surface area contributed by atoms with Crippen molar-refractivity contribution in [3.8, 4) is 11.4 Å². The highest BCUT2D eigenvalue weighted by atomic mass is 28.3. The molecule has 0 amide bonds. The quantitative estimate of drug-likeness (QED) is 0.271. The lowest BCUT2D eigenvalue weighted by Crippen LogP contribution is -2.33. The summed E-state index contributed by atoms with van der Waals surface area (Å²) in [6.45, 7) is 11.1. The number of rotatable bonds is 10. The zero-order valence-corrected chi connectivity index (χ0v) is 18.5. The summed E-state index contributed by atoms with van der Waals surface area (Å²) < 4.78 is 13.1. The molecule has 1 atom stereocenters. The van der Waals surface area contributed by atoms with Crippen LogP contribution in [0.25, 0.3) is 11.4 Å². The van der Waals surface area contributed by atoms with Crippen molar-refractivity contribution >= 4 is 19.4 Å². The van der Waals surface area contributed by atoms with Crippen molar-refractivity contribution in [2.75, 3.05) is 25.1 Å². The minimum atomic E-state index is -1.17. The number of ether oxygens (including phenoxy) is 2. The van der Waals surface area contributed by atoms with Gasteiger partial charge in [0.05, 0.1) is 11.0 Å². The van der Waals surface area contributed by atoms with Crippen LogP contribution in [-0.2, 0) is 16.2 Å². The first kappa shape index (κ1) is 21.4. The Hall–Kier alpha value is -2.30. The summed E-state index contributed by atoms with van der Waals surface area (Å²) in [6.07, 6.45) is 1.09. The molecule has 1 unspecified atom stereocenters. The van der Waals surface area contributed by atoms with Crippen molar-refractivity contribution in [1.82, 2.24) is 14.8 Å². The molecule has 0 saturated carbocycles. The Labute approximate surface area is 171 Å². The van der Waals surface area contributed by atoms with Gasteiger partial charge in [-0.1, -0.05) is 19.6 Å². The fraction of sp³-hybridized carbons (Fsp3) is 0.579. The smallest absolute Gasteiger partial charge is 0.293 e. The summed E-state index contributed by atoms with van der Waals surface area (Å²) in [6, 6.07) is 6.14. The van der Waals surface area contributed by atoms with Crippen molar-refractivity contribution in [3.05, 3.63) is 34.1 Å². The van der Waals surface area contributed by atoms with E-state index in [4.69, 9.17) is 9.47 Å². The van der Waals surface area contributed by atoms with E-state index in [1.807, 2.05) is 17.6 Å². The molecule has 1 aliphatic heterocycles. The molecule has 3 rings (SSSR count). The van der Waals surface area contributed by atoms with Gasteiger partial charge in [0.25, 0.3) is 5.69 Å². The monoisotopic (exact) mass is 419 g/mol. The molecule has 29 heavy (non-hydrogen) atoms. The molecule has 0 bridgehead atoms. The minimum Gasteiger partial charge on any atom is -0.377 e. The van der Waals surface area contributed by atoms with Gasteiger partial charge in [-0.3, -0.25) is 14.7 Å². The van der Waals surface area contributed by atoms with Crippen LogP contribution < -0.4 is 5.32 Å². The normalized spacial score (nSPS) is 16.5. The Balaban J connectivity index is 1.75. The number of nitro benzene ring substituents is 1. The van der Waals surface area contributed by atoms with E-state index in [9.17, 15) is 10.1 Å². The lowest BCUT2D eigenvalue weighted by Gasteiger charge is -2.26. The molecular weight excluding hydrogens is 390 g/mol. The van der Waals surface area contributed by atoms with Gasteiger partial charge in [-0.25, -0.2) is 0 Å². The van der Waals surface area contributed by atoms with Gasteiger partial charge in [0.2, 0.25) is 0 Å². The van der Waals surface area contributed by atoms with E-state index in [2.05, 4.69) is 35.2 Å². The maximum Gasteiger partial charge on any atom is 0.293 e. The van der Waals surface area contributed by atoms with Gasteiger partial charge in [0.1, 0.15) is 18.2 Å². The molecule has 1 saturated heterocycles. The van der Waals surface area contributed by atoms with E-state index in [-0.39, 0.29) is 16.7 Å². The van der Waals surface area contributed by atoms with Crippen LogP contribution in [0.1, 0.15) is 12.2 Å². The second-order valence-electron chi connectivity index (χ2n) is 8.50. The van der Waals surface area contributed by atoms with Crippen LogP contribution >= 0.6 is 0 Å². The number of nitro groups is 1. The van der Waals surface area contributed by atoms with Crippen LogP contribution in [0.4, 0.5) is 11.4 Å². The number of anilines is 1. The fourth-order valence-corrected chi connectivity index (χ4v) is 3.68. The first-order valence-corrected chi connectivity index (χ1v) is 13.6. The molecule has 0 radical (unpaired) electrons. The summed E-state index contributed by atoms with van der Waals surface area (Å²) >= 11 is 0. The molecule has 1 aromatic heterocycles. The number of nitrogens with one attached hydrogen (secondary N) is 1. The van der Waals surface area contributed by atoms with Crippen molar-refractivity contribution in [1.29, 1.82) is 0 Å². The predicted octanol–water partition coefficient (Wildman–Crippen LogP) is 3.67. The first-order chi connectivity index (χ1) is 13.7. The minimum absolute atomic E-state index is 0.00803. The van der Waals surface area contributed by atoms with Crippen LogP contribution in [0.15, 0.2) is 18.2 Å². The van der Waals surface area contributed by atoms with Crippen molar-refractivity contribution in [2.45, 2.75) is 51.9 Å². The number of benzene rings is 1. The Morgan fingerprint density at radius 1 is 1.38 bits per heavy atom. The molecule has 1 fully saturated rings. The number of hydrogen-bond donors (Lipinski definition) is 1. The molecular formula is C19H29N5O4Si. The number of aromatic nitrogens is 3. The highest BCUT2D eigenvalue weighted by Gasteiger charge is 2.22. The lowest BCUT2D eigenvalue weighted by molar-refractivity contribution is -0.383. The molecule has 2 aromatic rings. The zero-order valence-electron chi connectivity index (χ0n) is 17.5. The van der Waals surface area contributed by atoms with E-state index in [0.29, 0.717) is 42.8 Å². The topological polar surface area (TPSA) is 104 Å². The van der Waals surface area contributed by atoms with E-state index in [1.54, 1.807) is 6.07 Å². The van der Waals surface area contributed by atoms with E-state index >= 15 is 0 Å². The van der Waals surface area contributed by atoms with Gasteiger partial charge in [0.15, 0.2) is 5.82 Å². The average molecular weight is 420 g/mol. The van der Waals surface area contributed by atoms with Gasteiger partial charge >= 0.3 is 0 Å². The fourth-order valence-electron chi connectivity index (χ4n) is 2.92. The van der Waals surface area contributed by atoms with Crippen LogP contribution in [0.2, 0.25) is 25.7 Å². The van der Waals surface area contributed by atoms with Gasteiger partial charge in [0, 0.05) is 39.5 Å². The first-order valence-electron chi connectivity index (χ1n) is 9.86. The molecule has 0 spiro atoms. The number of nitrogens with zero attached hydrogens (tertiary/aromatic N) is 4. The number of hydrogen-bond acceptors (Lipinski definition) is 7.